The van der Waals surface area contributed by atoms with Crippen molar-refractivity contribution in [1.29, 1.82) is 0 Å². The highest BCUT2D eigenvalue weighted by molar-refractivity contribution is 6.92. The van der Waals surface area contributed by atoms with Crippen molar-refractivity contribution in [2.45, 2.75) is 45.2 Å². The maximum absolute atomic E-state index is 12.2. The normalized spacial score (nSPS) is 11.4. The van der Waals surface area contributed by atoms with Gasteiger partial charge in [-0.3, -0.25) is 0 Å². The molecule has 0 saturated heterocycles. The molecule has 0 heterocycles. The summed E-state index contributed by atoms with van der Waals surface area (Å²) in [6.07, 6.45) is 0.617. The molecule has 1 radical (unpaired) electrons. The molecule has 0 fully saturated rings. The van der Waals surface area contributed by atoms with Gasteiger partial charge in [0.25, 0.3) is 0 Å². The molecular weight excluding hydrogens is 212 g/mol. The van der Waals surface area contributed by atoms with Gasteiger partial charge in [-0.2, -0.15) is 0 Å². The van der Waals surface area contributed by atoms with Gasteiger partial charge in [0, 0.05) is 6.42 Å². The summed E-state index contributed by atoms with van der Waals surface area (Å²) in [6.45, 7) is 8.71. The van der Waals surface area contributed by atoms with E-state index >= 15 is 0 Å². The molecule has 1 rings (SSSR count). The Morgan fingerprint density at radius 3 is 2.00 bits per heavy atom. The van der Waals surface area contributed by atoms with Gasteiger partial charge in [-0.05, 0) is 16.6 Å². The zero-order chi connectivity index (χ0) is 12.1. The van der Waals surface area contributed by atoms with Gasteiger partial charge in [-0.1, -0.05) is 58.0 Å². The number of carbonyl (C=O) groups excluding carboxylic acids is 1. The van der Waals surface area contributed by atoms with Gasteiger partial charge < -0.3 is 4.79 Å². The van der Waals surface area contributed by atoms with E-state index in [2.05, 4.69) is 27.7 Å². The summed E-state index contributed by atoms with van der Waals surface area (Å²) in [4.78, 5) is 12.2. The predicted molar refractivity (Wildman–Crippen MR) is 71.1 cm³/mol. The third-order valence-electron chi connectivity index (χ3n) is 2.77. The van der Waals surface area contributed by atoms with Crippen LogP contribution in [0, 0.1) is 0 Å². The predicted octanol–water partition coefficient (Wildman–Crippen LogP) is 3.65. The maximum Gasteiger partial charge on any atom is 0.140 e. The van der Waals surface area contributed by atoms with Crippen molar-refractivity contribution in [3.63, 3.8) is 0 Å². The second-order valence-electron chi connectivity index (χ2n) is 4.85. The largest absolute Gasteiger partial charge is 0.305 e. The molecule has 0 unspecified atom stereocenters. The summed E-state index contributed by atoms with van der Waals surface area (Å²) in [5.41, 5.74) is 2.21. The molecule has 2 heteroatoms. The third kappa shape index (κ3) is 3.60. The van der Waals surface area contributed by atoms with Crippen molar-refractivity contribution in [2.24, 2.45) is 0 Å². The smallest absolute Gasteiger partial charge is 0.140 e. The van der Waals surface area contributed by atoms with Crippen LogP contribution in [0.5, 0.6) is 0 Å². The van der Waals surface area contributed by atoms with Crippen molar-refractivity contribution < 1.29 is 4.79 Å². The molecule has 0 aromatic heterocycles. The summed E-state index contributed by atoms with van der Waals surface area (Å²) < 4.78 is 0. The third-order valence-corrected chi connectivity index (χ3v) is 6.08. The van der Waals surface area contributed by atoms with Crippen LogP contribution >= 0.6 is 0 Å². The standard InChI is InChI=1S/C14H21OSi/c1-11(2)16(12(3)4)14(15)10-13-8-6-5-7-9-13/h5-9,11-12H,10H2,1-4H3. The molecule has 1 aromatic rings. The first-order chi connectivity index (χ1) is 7.52. The number of rotatable bonds is 5. The number of benzene rings is 1. The van der Waals surface area contributed by atoms with E-state index < -0.39 is 8.80 Å². The lowest BCUT2D eigenvalue weighted by atomic mass is 10.2. The topological polar surface area (TPSA) is 17.1 Å². The molecule has 16 heavy (non-hydrogen) atoms. The Morgan fingerprint density at radius 2 is 1.56 bits per heavy atom. The van der Waals surface area contributed by atoms with Crippen LogP contribution in [-0.4, -0.2) is 14.2 Å². The molecule has 0 saturated carbocycles. The van der Waals surface area contributed by atoms with Crippen LogP contribution in [0.2, 0.25) is 11.1 Å². The minimum absolute atomic E-state index is 0.473. The number of carbonyl (C=O) groups is 1. The van der Waals surface area contributed by atoms with Crippen molar-refractivity contribution in [1.82, 2.24) is 0 Å². The average Bonchev–Trinajstić information content (AvgIpc) is 2.17. The maximum atomic E-state index is 12.2. The average molecular weight is 233 g/mol. The number of hydrogen-bond donors (Lipinski definition) is 0. The summed E-state index contributed by atoms with van der Waals surface area (Å²) >= 11 is 0. The van der Waals surface area contributed by atoms with Crippen molar-refractivity contribution >= 4 is 14.2 Å². The van der Waals surface area contributed by atoms with Crippen LogP contribution < -0.4 is 0 Å². The minimum Gasteiger partial charge on any atom is -0.305 e. The van der Waals surface area contributed by atoms with E-state index in [0.717, 1.165) is 5.56 Å². The first-order valence-electron chi connectivity index (χ1n) is 5.96. The molecule has 0 aliphatic rings. The molecule has 1 aromatic carbocycles. The molecule has 87 valence electrons. The highest BCUT2D eigenvalue weighted by Crippen LogP contribution is 2.22. The van der Waals surface area contributed by atoms with Crippen LogP contribution in [-0.2, 0) is 11.2 Å². The van der Waals surface area contributed by atoms with E-state index in [1.807, 2.05) is 30.3 Å². The van der Waals surface area contributed by atoms with Crippen LogP contribution in [0.15, 0.2) is 30.3 Å². The zero-order valence-corrected chi connectivity index (χ0v) is 11.7. The Morgan fingerprint density at radius 1 is 1.06 bits per heavy atom. The fraction of sp³-hybridized carbons (Fsp3) is 0.500. The lowest BCUT2D eigenvalue weighted by Crippen LogP contribution is -2.33. The summed E-state index contributed by atoms with van der Waals surface area (Å²) in [6, 6.07) is 10.1. The van der Waals surface area contributed by atoms with Gasteiger partial charge in [-0.25, -0.2) is 0 Å². The summed E-state index contributed by atoms with van der Waals surface area (Å²) in [5.74, 6) is 0. The van der Waals surface area contributed by atoms with E-state index in [9.17, 15) is 4.79 Å². The minimum atomic E-state index is -0.893. The van der Waals surface area contributed by atoms with Crippen molar-refractivity contribution in [3.8, 4) is 0 Å². The van der Waals surface area contributed by atoms with E-state index in [1.54, 1.807) is 0 Å². The Bertz CT molecular complexity index is 322. The first-order valence-corrected chi connectivity index (χ1v) is 7.61. The van der Waals surface area contributed by atoms with E-state index in [0.29, 0.717) is 22.9 Å². The van der Waals surface area contributed by atoms with Gasteiger partial charge >= 0.3 is 0 Å². The monoisotopic (exact) mass is 233 g/mol. The number of hydrogen-bond acceptors (Lipinski definition) is 1. The first kappa shape index (κ1) is 13.2. The fourth-order valence-electron chi connectivity index (χ4n) is 2.19. The Kier molecular flexibility index (Phi) is 4.94. The fourth-order valence-corrected chi connectivity index (χ4v) is 5.22. The molecule has 0 amide bonds. The molecular formula is C14H21OSi. The highest BCUT2D eigenvalue weighted by Gasteiger charge is 2.27. The Hall–Kier alpha value is -0.893. The molecule has 0 atom stereocenters. The highest BCUT2D eigenvalue weighted by atomic mass is 28.3. The second-order valence-corrected chi connectivity index (χ2v) is 8.63. The van der Waals surface area contributed by atoms with Gasteiger partial charge in [0.05, 0.1) is 0 Å². The lowest BCUT2D eigenvalue weighted by Gasteiger charge is -2.20. The van der Waals surface area contributed by atoms with E-state index in [4.69, 9.17) is 0 Å². The van der Waals surface area contributed by atoms with E-state index in [1.165, 1.54) is 0 Å². The van der Waals surface area contributed by atoms with Gasteiger partial charge in [-0.15, -0.1) is 0 Å². The SMILES string of the molecule is CC(C)[Si](C(=O)Cc1ccccc1)C(C)C. The van der Waals surface area contributed by atoms with Crippen molar-refractivity contribution in [3.05, 3.63) is 35.9 Å². The molecule has 0 bridgehead atoms. The molecule has 1 nitrogen and oxygen atoms in total. The molecule has 0 spiro atoms. The van der Waals surface area contributed by atoms with E-state index in [-0.39, 0.29) is 0 Å². The van der Waals surface area contributed by atoms with Gasteiger partial charge in [0.15, 0.2) is 0 Å². The lowest BCUT2D eigenvalue weighted by molar-refractivity contribution is -0.112. The summed E-state index contributed by atoms with van der Waals surface area (Å²) in [7, 11) is -0.893. The Labute approximate surface area is 100 Å². The Balaban J connectivity index is 2.70. The molecule has 0 aliphatic heterocycles. The van der Waals surface area contributed by atoms with Crippen LogP contribution in [0.25, 0.3) is 0 Å². The van der Waals surface area contributed by atoms with Crippen LogP contribution in [0.4, 0.5) is 0 Å². The quantitative estimate of drug-likeness (QED) is 0.709. The van der Waals surface area contributed by atoms with Crippen LogP contribution in [0.3, 0.4) is 0 Å². The molecule has 0 N–H and O–H groups in total. The van der Waals surface area contributed by atoms with Gasteiger partial charge in [0.1, 0.15) is 14.2 Å². The molecule has 0 aliphatic carbocycles. The zero-order valence-electron chi connectivity index (χ0n) is 10.7. The summed E-state index contributed by atoms with van der Waals surface area (Å²) in [5, 5.41) is 0.473. The van der Waals surface area contributed by atoms with Gasteiger partial charge in [0.2, 0.25) is 0 Å². The van der Waals surface area contributed by atoms with Crippen molar-refractivity contribution in [2.75, 3.05) is 0 Å². The second kappa shape index (κ2) is 5.99. The van der Waals surface area contributed by atoms with Crippen LogP contribution in [0.1, 0.15) is 33.3 Å².